The van der Waals surface area contributed by atoms with Gasteiger partial charge in [-0.1, -0.05) is 0 Å². The van der Waals surface area contributed by atoms with Crippen LogP contribution in [0.4, 0.5) is 10.6 Å². The number of hydrogen-bond acceptors (Lipinski definition) is 8. The topological polar surface area (TPSA) is 125 Å². The molecule has 39 heavy (non-hydrogen) atoms. The molecule has 1 aliphatic carbocycles. The molecule has 2 amide bonds. The second kappa shape index (κ2) is 9.05. The van der Waals surface area contributed by atoms with Gasteiger partial charge < -0.3 is 34.3 Å². The van der Waals surface area contributed by atoms with E-state index in [1.165, 1.54) is 6.33 Å². The SMILES string of the molecule is CC(C)(C)OC(=O)N1CCC2(CCCN2C(=O)[C@H]2C[C@@H](n3ccc4c(N)ncnc43)[C@@H]3OC(C)(C)O[C@@H]32)CC1. The molecule has 5 heterocycles. The van der Waals surface area contributed by atoms with Gasteiger partial charge in [-0.25, -0.2) is 14.8 Å². The van der Waals surface area contributed by atoms with Gasteiger partial charge >= 0.3 is 6.09 Å². The summed E-state index contributed by atoms with van der Waals surface area (Å²) in [5, 5.41) is 0.789. The molecule has 4 aliphatic rings. The highest BCUT2D eigenvalue weighted by atomic mass is 16.8. The van der Waals surface area contributed by atoms with Crippen molar-refractivity contribution in [3.05, 3.63) is 18.6 Å². The van der Waals surface area contributed by atoms with E-state index in [2.05, 4.69) is 19.4 Å². The third kappa shape index (κ3) is 4.53. The zero-order chi connectivity index (χ0) is 27.7. The van der Waals surface area contributed by atoms with Crippen LogP contribution in [-0.2, 0) is 19.0 Å². The lowest BCUT2D eigenvalue weighted by atomic mass is 9.84. The molecule has 11 heteroatoms. The maximum Gasteiger partial charge on any atom is 0.410 e. The van der Waals surface area contributed by atoms with Crippen LogP contribution in [0.2, 0.25) is 0 Å². The van der Waals surface area contributed by atoms with Gasteiger partial charge in [0, 0.05) is 31.4 Å². The summed E-state index contributed by atoms with van der Waals surface area (Å²) in [5.74, 6) is -0.563. The maximum absolute atomic E-state index is 14.3. The molecule has 3 saturated heterocycles. The van der Waals surface area contributed by atoms with Gasteiger partial charge in [-0.3, -0.25) is 4.79 Å². The third-order valence-electron chi connectivity index (χ3n) is 8.86. The van der Waals surface area contributed by atoms with Crippen LogP contribution >= 0.6 is 0 Å². The number of carbonyl (C=O) groups is 2. The largest absolute Gasteiger partial charge is 0.444 e. The number of nitrogens with two attached hydrogens (primary N) is 1. The number of aromatic nitrogens is 3. The van der Waals surface area contributed by atoms with E-state index in [9.17, 15) is 9.59 Å². The number of ether oxygens (including phenoxy) is 3. The van der Waals surface area contributed by atoms with Crippen molar-refractivity contribution < 1.29 is 23.8 Å². The maximum atomic E-state index is 14.3. The highest BCUT2D eigenvalue weighted by Gasteiger charge is 2.59. The molecule has 6 rings (SSSR count). The van der Waals surface area contributed by atoms with Gasteiger partial charge in [0.15, 0.2) is 5.79 Å². The Labute approximate surface area is 229 Å². The fourth-order valence-corrected chi connectivity index (χ4v) is 7.16. The summed E-state index contributed by atoms with van der Waals surface area (Å²) in [6.07, 6.45) is 6.52. The van der Waals surface area contributed by atoms with Gasteiger partial charge in [0.25, 0.3) is 0 Å². The first kappa shape index (κ1) is 26.3. The molecule has 0 radical (unpaired) electrons. The predicted octanol–water partition coefficient (Wildman–Crippen LogP) is 3.49. The van der Waals surface area contributed by atoms with Crippen LogP contribution in [0.25, 0.3) is 11.0 Å². The molecule has 3 aliphatic heterocycles. The third-order valence-corrected chi connectivity index (χ3v) is 8.86. The molecule has 2 aromatic rings. The van der Waals surface area contributed by atoms with Crippen molar-refractivity contribution >= 4 is 28.9 Å². The van der Waals surface area contributed by atoms with Crippen molar-refractivity contribution in [3.63, 3.8) is 0 Å². The zero-order valence-corrected chi connectivity index (χ0v) is 23.6. The van der Waals surface area contributed by atoms with Crippen LogP contribution < -0.4 is 5.73 Å². The molecule has 11 nitrogen and oxygen atoms in total. The lowest BCUT2D eigenvalue weighted by Crippen LogP contribution is -2.57. The average molecular weight is 541 g/mol. The number of carbonyl (C=O) groups excluding carboxylic acids is 2. The molecule has 0 unspecified atom stereocenters. The van der Waals surface area contributed by atoms with Crippen LogP contribution in [0.1, 0.15) is 72.8 Å². The Morgan fingerprint density at radius 2 is 1.79 bits per heavy atom. The molecule has 4 fully saturated rings. The molecule has 1 saturated carbocycles. The molecule has 2 N–H and O–H groups in total. The van der Waals surface area contributed by atoms with Crippen LogP contribution in [0.15, 0.2) is 18.6 Å². The van der Waals surface area contributed by atoms with Crippen LogP contribution in [0.5, 0.6) is 0 Å². The van der Waals surface area contributed by atoms with E-state index in [1.807, 2.05) is 46.9 Å². The second-order valence-electron chi connectivity index (χ2n) is 13.0. The Bertz CT molecular complexity index is 1280. The quantitative estimate of drug-likeness (QED) is 0.614. The van der Waals surface area contributed by atoms with Crippen molar-refractivity contribution in [2.45, 2.75) is 102 Å². The molecular formula is C28H40N6O5. The second-order valence-corrected chi connectivity index (χ2v) is 13.0. The van der Waals surface area contributed by atoms with Crippen molar-refractivity contribution in [1.29, 1.82) is 0 Å². The fourth-order valence-electron chi connectivity index (χ4n) is 7.16. The highest BCUT2D eigenvalue weighted by molar-refractivity contribution is 5.86. The van der Waals surface area contributed by atoms with E-state index >= 15 is 0 Å². The first-order valence-electron chi connectivity index (χ1n) is 14.1. The number of likely N-dealkylation sites (tertiary alicyclic amines) is 2. The Morgan fingerprint density at radius 3 is 2.51 bits per heavy atom. The van der Waals surface area contributed by atoms with E-state index in [0.717, 1.165) is 43.3 Å². The Hall–Kier alpha value is -2.92. The smallest absolute Gasteiger partial charge is 0.410 e. The molecule has 212 valence electrons. The van der Waals surface area contributed by atoms with E-state index < -0.39 is 11.4 Å². The molecule has 2 aromatic heterocycles. The summed E-state index contributed by atoms with van der Waals surface area (Å²) < 4.78 is 20.5. The van der Waals surface area contributed by atoms with Crippen LogP contribution in [0.3, 0.4) is 0 Å². The van der Waals surface area contributed by atoms with Crippen molar-refractivity contribution in [3.8, 4) is 0 Å². The number of amides is 2. The summed E-state index contributed by atoms with van der Waals surface area (Å²) in [6, 6.07) is 1.80. The number of hydrogen-bond donors (Lipinski definition) is 1. The number of rotatable bonds is 2. The Morgan fingerprint density at radius 1 is 1.08 bits per heavy atom. The minimum Gasteiger partial charge on any atom is -0.444 e. The van der Waals surface area contributed by atoms with Crippen LogP contribution in [0, 0.1) is 5.92 Å². The van der Waals surface area contributed by atoms with E-state index in [0.29, 0.717) is 25.3 Å². The summed E-state index contributed by atoms with van der Waals surface area (Å²) in [6.45, 7) is 11.3. The zero-order valence-electron chi connectivity index (χ0n) is 23.6. The van der Waals surface area contributed by atoms with Gasteiger partial charge in [-0.2, -0.15) is 0 Å². The minimum absolute atomic E-state index is 0.120. The number of fused-ring (bicyclic) bond motifs is 2. The predicted molar refractivity (Wildman–Crippen MR) is 144 cm³/mol. The summed E-state index contributed by atoms with van der Waals surface area (Å²) >= 11 is 0. The number of anilines is 1. The number of nitrogens with zero attached hydrogens (tertiary/aromatic N) is 5. The van der Waals surface area contributed by atoms with E-state index in [1.54, 1.807) is 4.90 Å². The van der Waals surface area contributed by atoms with E-state index in [4.69, 9.17) is 19.9 Å². The minimum atomic E-state index is -0.787. The highest BCUT2D eigenvalue weighted by Crippen LogP contribution is 2.50. The first-order valence-corrected chi connectivity index (χ1v) is 14.1. The van der Waals surface area contributed by atoms with Gasteiger partial charge in [0.2, 0.25) is 5.91 Å². The summed E-state index contributed by atoms with van der Waals surface area (Å²) in [7, 11) is 0. The van der Waals surface area contributed by atoms with Gasteiger partial charge in [0.05, 0.1) is 17.3 Å². The summed E-state index contributed by atoms with van der Waals surface area (Å²) in [5.41, 5.74) is 6.07. The number of nitrogen functional groups attached to an aromatic ring is 1. The number of piperidine rings is 1. The van der Waals surface area contributed by atoms with Crippen molar-refractivity contribution in [2.75, 3.05) is 25.4 Å². The van der Waals surface area contributed by atoms with Crippen molar-refractivity contribution in [2.24, 2.45) is 5.92 Å². The average Bonchev–Trinajstić information content (AvgIpc) is 3.60. The molecule has 0 bridgehead atoms. The Balaban J connectivity index is 1.23. The molecule has 4 atom stereocenters. The lowest BCUT2D eigenvalue weighted by molar-refractivity contribution is -0.167. The van der Waals surface area contributed by atoms with Crippen LogP contribution in [-0.4, -0.2) is 85.1 Å². The Kier molecular flexibility index (Phi) is 6.11. The standard InChI is InChI=1S/C28H40N6O5/c1-26(2,3)39-25(36)32-13-9-28(10-14-32)8-6-11-34(28)24(35)18-15-19(21-20(18)37-27(4,5)38-21)33-12-7-17-22(29)30-16-31-23(17)33/h7,12,16,18-21H,6,8-11,13-15H2,1-5H3,(H2,29,30,31)/t18-,19+,20+,21-/m0/s1. The first-order chi connectivity index (χ1) is 18.4. The molecular weight excluding hydrogens is 500 g/mol. The monoisotopic (exact) mass is 540 g/mol. The van der Waals surface area contributed by atoms with E-state index in [-0.39, 0.29) is 41.7 Å². The fraction of sp³-hybridized carbons (Fsp3) is 0.714. The van der Waals surface area contributed by atoms with Gasteiger partial charge in [-0.15, -0.1) is 0 Å². The molecule has 0 aromatic carbocycles. The van der Waals surface area contributed by atoms with Crippen molar-refractivity contribution in [1.82, 2.24) is 24.3 Å². The normalized spacial score (nSPS) is 29.8. The summed E-state index contributed by atoms with van der Waals surface area (Å²) in [4.78, 5) is 39.5. The van der Waals surface area contributed by atoms with Gasteiger partial charge in [-0.05, 0) is 72.8 Å². The molecule has 1 spiro atoms. The van der Waals surface area contributed by atoms with Gasteiger partial charge in [0.1, 0.15) is 35.6 Å². The lowest BCUT2D eigenvalue weighted by Gasteiger charge is -2.46.